The predicted molar refractivity (Wildman–Crippen MR) is 120 cm³/mol. The lowest BCUT2D eigenvalue weighted by Crippen LogP contribution is -2.33. The molecule has 0 spiro atoms. The predicted octanol–water partition coefficient (Wildman–Crippen LogP) is 6.81. The number of fused-ring (bicyclic) bond motifs is 3. The molecule has 2 atom stereocenters. The van der Waals surface area contributed by atoms with Gasteiger partial charge in [0.05, 0.1) is 11.8 Å². The van der Waals surface area contributed by atoms with Gasteiger partial charge in [-0.3, -0.25) is 0 Å². The highest BCUT2D eigenvalue weighted by atomic mass is 79.9. The first-order chi connectivity index (χ1) is 14.1. The highest BCUT2D eigenvalue weighted by Gasteiger charge is 2.40. The Labute approximate surface area is 180 Å². The van der Waals surface area contributed by atoms with E-state index in [4.69, 9.17) is 9.84 Å². The van der Waals surface area contributed by atoms with Crippen LogP contribution in [0, 0.1) is 0 Å². The van der Waals surface area contributed by atoms with E-state index in [2.05, 4.69) is 102 Å². The van der Waals surface area contributed by atoms with Crippen LogP contribution in [0.5, 0.6) is 5.75 Å². The number of halogens is 1. The van der Waals surface area contributed by atoms with Crippen LogP contribution in [0.15, 0.2) is 82.4 Å². The lowest BCUT2D eigenvalue weighted by Gasteiger charge is -2.38. The number of para-hydroxylation sites is 1. The molecule has 3 nitrogen and oxygen atoms in total. The molecular formula is C25H23BrN2O. The molecule has 0 N–H and O–H groups in total. The van der Waals surface area contributed by atoms with E-state index < -0.39 is 0 Å². The Kier molecular flexibility index (Phi) is 4.67. The Hall–Kier alpha value is -2.59. The normalized spacial score (nSPS) is 20.1. The molecule has 146 valence electrons. The van der Waals surface area contributed by atoms with Crippen molar-refractivity contribution in [1.82, 2.24) is 5.01 Å². The zero-order valence-electron chi connectivity index (χ0n) is 16.5. The molecule has 0 unspecified atom stereocenters. The molecule has 5 rings (SSSR count). The highest BCUT2D eigenvalue weighted by molar-refractivity contribution is 9.10. The molecular weight excluding hydrogens is 424 g/mol. The van der Waals surface area contributed by atoms with E-state index in [1.165, 1.54) is 11.1 Å². The Morgan fingerprint density at radius 1 is 0.966 bits per heavy atom. The molecule has 0 amide bonds. The van der Waals surface area contributed by atoms with Crippen LogP contribution in [0.2, 0.25) is 0 Å². The molecule has 2 heterocycles. The lowest BCUT2D eigenvalue weighted by molar-refractivity contribution is -0.0190. The first-order valence-electron chi connectivity index (χ1n) is 10.1. The second-order valence-corrected chi connectivity index (χ2v) is 8.90. The van der Waals surface area contributed by atoms with Crippen LogP contribution >= 0.6 is 15.9 Å². The van der Waals surface area contributed by atoms with Gasteiger partial charge in [-0.1, -0.05) is 84.4 Å². The number of rotatable bonds is 3. The van der Waals surface area contributed by atoms with Crippen LogP contribution in [-0.4, -0.2) is 10.7 Å². The van der Waals surface area contributed by atoms with Crippen molar-refractivity contribution in [2.75, 3.05) is 0 Å². The first kappa shape index (κ1) is 18.4. The molecule has 2 aliphatic heterocycles. The van der Waals surface area contributed by atoms with Crippen LogP contribution < -0.4 is 4.74 Å². The molecule has 0 saturated heterocycles. The van der Waals surface area contributed by atoms with Gasteiger partial charge in [0, 0.05) is 22.0 Å². The van der Waals surface area contributed by atoms with Gasteiger partial charge in [0.15, 0.2) is 0 Å². The summed E-state index contributed by atoms with van der Waals surface area (Å²) < 4.78 is 7.53. The Morgan fingerprint density at radius 3 is 2.41 bits per heavy atom. The third-order valence-electron chi connectivity index (χ3n) is 5.76. The Bertz CT molecular complexity index is 1060. The lowest BCUT2D eigenvalue weighted by atomic mass is 9.95. The summed E-state index contributed by atoms with van der Waals surface area (Å²) >= 11 is 3.52. The summed E-state index contributed by atoms with van der Waals surface area (Å²) in [5.74, 6) is 1.47. The number of hydrogen-bond donors (Lipinski definition) is 0. The zero-order valence-corrected chi connectivity index (χ0v) is 18.1. The molecule has 29 heavy (non-hydrogen) atoms. The number of hydrogen-bond acceptors (Lipinski definition) is 3. The van der Waals surface area contributed by atoms with E-state index in [9.17, 15) is 0 Å². The van der Waals surface area contributed by atoms with Crippen molar-refractivity contribution >= 4 is 21.6 Å². The summed E-state index contributed by atoms with van der Waals surface area (Å²) in [4.78, 5) is 0. The van der Waals surface area contributed by atoms with E-state index in [1.54, 1.807) is 0 Å². The largest absolute Gasteiger partial charge is 0.464 e. The van der Waals surface area contributed by atoms with E-state index in [0.717, 1.165) is 33.5 Å². The third kappa shape index (κ3) is 3.36. The van der Waals surface area contributed by atoms with E-state index in [-0.39, 0.29) is 12.3 Å². The van der Waals surface area contributed by atoms with Gasteiger partial charge >= 0.3 is 0 Å². The monoisotopic (exact) mass is 446 g/mol. The molecule has 0 saturated carbocycles. The molecule has 0 fully saturated rings. The maximum Gasteiger partial charge on any atom is 0.213 e. The van der Waals surface area contributed by atoms with Crippen molar-refractivity contribution in [3.05, 3.63) is 99.5 Å². The fourth-order valence-electron chi connectivity index (χ4n) is 4.12. The minimum Gasteiger partial charge on any atom is -0.464 e. The van der Waals surface area contributed by atoms with Gasteiger partial charge in [-0.2, -0.15) is 5.10 Å². The van der Waals surface area contributed by atoms with Crippen LogP contribution in [-0.2, 0) is 0 Å². The van der Waals surface area contributed by atoms with Gasteiger partial charge < -0.3 is 4.74 Å². The average Bonchev–Trinajstić information content (AvgIpc) is 3.19. The van der Waals surface area contributed by atoms with Gasteiger partial charge in [-0.25, -0.2) is 5.01 Å². The number of nitrogens with zero attached hydrogens (tertiary/aromatic N) is 2. The number of benzene rings is 3. The molecule has 2 aliphatic rings. The van der Waals surface area contributed by atoms with E-state index in [0.29, 0.717) is 5.92 Å². The number of hydrazone groups is 1. The average molecular weight is 447 g/mol. The topological polar surface area (TPSA) is 24.8 Å². The molecule has 4 heteroatoms. The fraction of sp³-hybridized carbons (Fsp3) is 0.240. The standard InChI is InChI=1S/C25H23BrN2O/c1-16(2)17-7-9-19(10-8-17)25-28-23(21-5-3-4-6-24(21)29-25)15-22(27-28)18-11-13-20(26)14-12-18/h3-14,16,23,25H,15H2,1-2H3/t23-,25+/m0/s1. The van der Waals surface area contributed by atoms with Crippen LogP contribution in [0.25, 0.3) is 0 Å². The maximum atomic E-state index is 6.45. The summed E-state index contributed by atoms with van der Waals surface area (Å²) in [6, 6.07) is 25.7. The smallest absolute Gasteiger partial charge is 0.213 e. The van der Waals surface area contributed by atoms with Crippen molar-refractivity contribution < 1.29 is 4.74 Å². The summed E-state index contributed by atoms with van der Waals surface area (Å²) in [5.41, 5.74) is 5.94. The highest BCUT2D eigenvalue weighted by Crippen LogP contribution is 2.47. The van der Waals surface area contributed by atoms with Gasteiger partial charge in [0.2, 0.25) is 6.23 Å². The minimum absolute atomic E-state index is 0.188. The first-order valence-corrected chi connectivity index (χ1v) is 10.9. The molecule has 0 radical (unpaired) electrons. The Morgan fingerprint density at radius 2 is 1.69 bits per heavy atom. The zero-order chi connectivity index (χ0) is 20.0. The van der Waals surface area contributed by atoms with Gasteiger partial charge in [0.1, 0.15) is 5.75 Å². The van der Waals surface area contributed by atoms with Crippen LogP contribution in [0.3, 0.4) is 0 Å². The van der Waals surface area contributed by atoms with Gasteiger partial charge in [-0.15, -0.1) is 0 Å². The molecule has 0 aromatic heterocycles. The third-order valence-corrected chi connectivity index (χ3v) is 6.29. The van der Waals surface area contributed by atoms with Gasteiger partial charge in [0.25, 0.3) is 0 Å². The molecule has 3 aromatic rings. The van der Waals surface area contributed by atoms with E-state index in [1.807, 2.05) is 6.07 Å². The van der Waals surface area contributed by atoms with Crippen LogP contribution in [0.1, 0.15) is 60.7 Å². The van der Waals surface area contributed by atoms with Crippen molar-refractivity contribution in [2.45, 2.75) is 38.5 Å². The molecule has 3 aromatic carbocycles. The van der Waals surface area contributed by atoms with Crippen molar-refractivity contribution in [1.29, 1.82) is 0 Å². The maximum absolute atomic E-state index is 6.45. The fourth-order valence-corrected chi connectivity index (χ4v) is 4.38. The van der Waals surface area contributed by atoms with Gasteiger partial charge in [-0.05, 0) is 35.2 Å². The Balaban J connectivity index is 1.55. The molecule has 0 bridgehead atoms. The van der Waals surface area contributed by atoms with Crippen LogP contribution in [0.4, 0.5) is 0 Å². The second-order valence-electron chi connectivity index (χ2n) is 7.98. The minimum atomic E-state index is -0.218. The summed E-state index contributed by atoms with van der Waals surface area (Å²) in [6.45, 7) is 4.43. The molecule has 0 aliphatic carbocycles. The van der Waals surface area contributed by atoms with E-state index >= 15 is 0 Å². The number of ether oxygens (including phenoxy) is 1. The van der Waals surface area contributed by atoms with Crippen molar-refractivity contribution in [2.24, 2.45) is 5.10 Å². The quantitative estimate of drug-likeness (QED) is 0.440. The van der Waals surface area contributed by atoms with Crippen molar-refractivity contribution in [3.63, 3.8) is 0 Å². The SMILES string of the molecule is CC(C)c1ccc([C@H]2Oc3ccccc3[C@@H]3CC(c4ccc(Br)cc4)=NN23)cc1. The summed E-state index contributed by atoms with van der Waals surface area (Å²) in [7, 11) is 0. The summed E-state index contributed by atoms with van der Waals surface area (Å²) in [5, 5.41) is 7.18. The second kappa shape index (κ2) is 7.34. The van der Waals surface area contributed by atoms with Crippen molar-refractivity contribution in [3.8, 4) is 5.75 Å². The summed E-state index contributed by atoms with van der Waals surface area (Å²) in [6.07, 6.45) is 0.659.